The van der Waals surface area contributed by atoms with Crippen LogP contribution in [0.2, 0.25) is 0 Å². The normalized spacial score (nSPS) is 10.3. The van der Waals surface area contributed by atoms with Gasteiger partial charge in [0.05, 0.1) is 7.11 Å². The predicted molar refractivity (Wildman–Crippen MR) is 87.7 cm³/mol. The van der Waals surface area contributed by atoms with Crippen LogP contribution in [0, 0.1) is 30.2 Å². The molecule has 0 bridgehead atoms. The number of hydrogen-bond acceptors (Lipinski definition) is 3. The Bertz CT molecular complexity index is 829. The molecule has 0 aliphatic rings. The number of thiocarbonyl (C=S) groups is 1. The fourth-order valence-electron chi connectivity index (χ4n) is 2.02. The lowest BCUT2D eigenvalue weighted by atomic mass is 10.1. The van der Waals surface area contributed by atoms with Crippen LogP contribution < -0.4 is 15.4 Å². The maximum atomic E-state index is 13.9. The van der Waals surface area contributed by atoms with E-state index in [0.29, 0.717) is 5.69 Å². The van der Waals surface area contributed by atoms with E-state index < -0.39 is 40.5 Å². The van der Waals surface area contributed by atoms with Crippen molar-refractivity contribution in [3.05, 3.63) is 58.7 Å². The van der Waals surface area contributed by atoms with Gasteiger partial charge in [0.1, 0.15) is 5.56 Å². The first-order valence-corrected chi connectivity index (χ1v) is 7.26. The zero-order chi connectivity index (χ0) is 18.7. The highest BCUT2D eigenvalue weighted by molar-refractivity contribution is 7.80. The summed E-state index contributed by atoms with van der Waals surface area (Å²) < 4.78 is 59.4. The lowest BCUT2D eigenvalue weighted by molar-refractivity contribution is 0.0966. The largest absolute Gasteiger partial charge is 0.491 e. The Balaban J connectivity index is 2.27. The summed E-state index contributed by atoms with van der Waals surface area (Å²) in [4.78, 5) is 12.0. The van der Waals surface area contributed by atoms with E-state index in [9.17, 15) is 22.4 Å². The second kappa shape index (κ2) is 7.47. The molecular weight excluding hydrogens is 360 g/mol. The number of methoxy groups -OCH3 is 1. The van der Waals surface area contributed by atoms with Crippen LogP contribution >= 0.6 is 12.2 Å². The topological polar surface area (TPSA) is 50.4 Å². The molecule has 0 heterocycles. The number of benzene rings is 2. The standard InChI is InChI=1S/C16H12F4N2O2S/c1-7-5-3-4-6-8(7)21-16(25)22-15(23)9-10(17)12(19)14(24-2)13(20)11(9)18/h3-6H,1-2H3,(H2,21,22,23,25). The number of para-hydroxylation sites is 1. The molecule has 4 nitrogen and oxygen atoms in total. The fraction of sp³-hybridized carbons (Fsp3) is 0.125. The zero-order valence-corrected chi connectivity index (χ0v) is 13.9. The van der Waals surface area contributed by atoms with Crippen molar-refractivity contribution in [3.63, 3.8) is 0 Å². The lowest BCUT2D eigenvalue weighted by Gasteiger charge is -2.13. The number of amides is 1. The number of carbonyl (C=O) groups excluding carboxylic acids is 1. The summed E-state index contributed by atoms with van der Waals surface area (Å²) in [5, 5.41) is 4.32. The maximum Gasteiger partial charge on any atom is 0.263 e. The van der Waals surface area contributed by atoms with Crippen molar-refractivity contribution in [2.24, 2.45) is 0 Å². The minimum Gasteiger partial charge on any atom is -0.491 e. The number of hydrogen-bond donors (Lipinski definition) is 2. The Labute approximate surface area is 145 Å². The van der Waals surface area contributed by atoms with Crippen LogP contribution in [0.3, 0.4) is 0 Å². The number of nitrogens with one attached hydrogen (secondary N) is 2. The van der Waals surface area contributed by atoms with Gasteiger partial charge in [-0.3, -0.25) is 10.1 Å². The second-order valence-electron chi connectivity index (χ2n) is 4.89. The van der Waals surface area contributed by atoms with E-state index in [-0.39, 0.29) is 5.11 Å². The Kier molecular flexibility index (Phi) is 5.58. The average Bonchev–Trinajstić information content (AvgIpc) is 2.56. The summed E-state index contributed by atoms with van der Waals surface area (Å²) >= 11 is 4.87. The van der Waals surface area contributed by atoms with E-state index >= 15 is 0 Å². The summed E-state index contributed by atoms with van der Waals surface area (Å²) in [6.07, 6.45) is 0. The van der Waals surface area contributed by atoms with Crippen LogP contribution in [0.1, 0.15) is 15.9 Å². The van der Waals surface area contributed by atoms with E-state index in [4.69, 9.17) is 12.2 Å². The molecule has 2 rings (SSSR count). The number of aryl methyl sites for hydroxylation is 1. The molecule has 2 N–H and O–H groups in total. The van der Waals surface area contributed by atoms with E-state index in [1.807, 2.05) is 5.32 Å². The predicted octanol–water partition coefficient (Wildman–Crippen LogP) is 3.69. The van der Waals surface area contributed by atoms with Gasteiger partial charge in [-0.25, -0.2) is 8.78 Å². The third-order valence-electron chi connectivity index (χ3n) is 3.27. The molecule has 132 valence electrons. The van der Waals surface area contributed by atoms with Gasteiger partial charge >= 0.3 is 0 Å². The Hall–Kier alpha value is -2.68. The highest BCUT2D eigenvalue weighted by atomic mass is 32.1. The van der Waals surface area contributed by atoms with Gasteiger partial charge in [-0.15, -0.1) is 0 Å². The van der Waals surface area contributed by atoms with E-state index in [1.165, 1.54) is 0 Å². The molecule has 0 atom stereocenters. The van der Waals surface area contributed by atoms with Gasteiger partial charge < -0.3 is 10.1 Å². The molecule has 0 saturated heterocycles. The molecule has 0 saturated carbocycles. The molecule has 0 fully saturated rings. The van der Waals surface area contributed by atoms with Crippen molar-refractivity contribution < 1.29 is 27.1 Å². The van der Waals surface area contributed by atoms with E-state index in [0.717, 1.165) is 12.7 Å². The molecule has 9 heteroatoms. The summed E-state index contributed by atoms with van der Waals surface area (Å²) in [6, 6.07) is 6.89. The summed E-state index contributed by atoms with van der Waals surface area (Å²) in [5.74, 6) is -10.1. The summed E-state index contributed by atoms with van der Waals surface area (Å²) in [7, 11) is 0.835. The minimum absolute atomic E-state index is 0.297. The number of carbonyl (C=O) groups is 1. The molecule has 0 radical (unpaired) electrons. The second-order valence-corrected chi connectivity index (χ2v) is 5.30. The molecule has 0 aliphatic carbocycles. The molecular formula is C16H12F4N2O2S. The van der Waals surface area contributed by atoms with Crippen molar-refractivity contribution >= 4 is 28.9 Å². The first-order chi connectivity index (χ1) is 11.8. The third-order valence-corrected chi connectivity index (χ3v) is 3.48. The molecule has 0 unspecified atom stereocenters. The monoisotopic (exact) mass is 372 g/mol. The fourth-order valence-corrected chi connectivity index (χ4v) is 2.23. The van der Waals surface area contributed by atoms with Crippen LogP contribution in [0.5, 0.6) is 5.75 Å². The molecule has 2 aromatic rings. The average molecular weight is 372 g/mol. The van der Waals surface area contributed by atoms with Gasteiger partial charge in [0.25, 0.3) is 5.91 Å². The number of halogens is 4. The van der Waals surface area contributed by atoms with Crippen LogP contribution in [0.15, 0.2) is 24.3 Å². The van der Waals surface area contributed by atoms with Crippen molar-refractivity contribution in [2.75, 3.05) is 12.4 Å². The first-order valence-electron chi connectivity index (χ1n) is 6.85. The van der Waals surface area contributed by atoms with E-state index in [2.05, 4.69) is 10.1 Å². The number of ether oxygens (including phenoxy) is 1. The Morgan fingerprint density at radius 3 is 2.12 bits per heavy atom. The number of rotatable bonds is 3. The van der Waals surface area contributed by atoms with E-state index in [1.54, 1.807) is 31.2 Å². The highest BCUT2D eigenvalue weighted by Gasteiger charge is 2.30. The van der Waals surface area contributed by atoms with Gasteiger partial charge in [-0.2, -0.15) is 8.78 Å². The maximum absolute atomic E-state index is 13.9. The number of anilines is 1. The Morgan fingerprint density at radius 2 is 1.60 bits per heavy atom. The van der Waals surface area contributed by atoms with Gasteiger partial charge in [0.2, 0.25) is 11.6 Å². The molecule has 0 aromatic heterocycles. The third kappa shape index (κ3) is 3.71. The van der Waals surface area contributed by atoms with Gasteiger partial charge in [-0.05, 0) is 30.8 Å². The molecule has 25 heavy (non-hydrogen) atoms. The van der Waals surface area contributed by atoms with Crippen molar-refractivity contribution in [3.8, 4) is 5.75 Å². The molecule has 0 aliphatic heterocycles. The molecule has 0 spiro atoms. The van der Waals surface area contributed by atoms with Crippen LogP contribution in [-0.4, -0.2) is 18.1 Å². The summed E-state index contributed by atoms with van der Waals surface area (Å²) in [5.41, 5.74) is -0.108. The first kappa shape index (κ1) is 18.7. The quantitative estimate of drug-likeness (QED) is 0.490. The van der Waals surface area contributed by atoms with Gasteiger partial charge in [0.15, 0.2) is 22.5 Å². The highest BCUT2D eigenvalue weighted by Crippen LogP contribution is 2.29. The summed E-state index contributed by atoms with van der Waals surface area (Å²) in [6.45, 7) is 1.76. The van der Waals surface area contributed by atoms with Crippen LogP contribution in [-0.2, 0) is 0 Å². The van der Waals surface area contributed by atoms with Crippen LogP contribution in [0.4, 0.5) is 23.2 Å². The zero-order valence-electron chi connectivity index (χ0n) is 13.0. The Morgan fingerprint density at radius 1 is 1.04 bits per heavy atom. The van der Waals surface area contributed by atoms with Crippen molar-refractivity contribution in [2.45, 2.75) is 6.92 Å². The van der Waals surface area contributed by atoms with Crippen molar-refractivity contribution in [1.82, 2.24) is 5.32 Å². The van der Waals surface area contributed by atoms with Crippen LogP contribution in [0.25, 0.3) is 0 Å². The lowest BCUT2D eigenvalue weighted by Crippen LogP contribution is -2.35. The van der Waals surface area contributed by atoms with Crippen molar-refractivity contribution in [1.29, 1.82) is 0 Å². The SMILES string of the molecule is COc1c(F)c(F)c(C(=O)NC(=S)Nc2ccccc2C)c(F)c1F. The molecule has 2 aromatic carbocycles. The van der Waals surface area contributed by atoms with Gasteiger partial charge in [0, 0.05) is 5.69 Å². The molecule has 1 amide bonds. The minimum atomic E-state index is -1.88. The smallest absolute Gasteiger partial charge is 0.263 e. The van der Waals surface area contributed by atoms with Gasteiger partial charge in [-0.1, -0.05) is 18.2 Å².